The van der Waals surface area contributed by atoms with Crippen LogP contribution in [0, 0.1) is 0 Å². The van der Waals surface area contributed by atoms with E-state index in [0.29, 0.717) is 12.0 Å². The van der Waals surface area contributed by atoms with E-state index in [9.17, 15) is 4.79 Å². The summed E-state index contributed by atoms with van der Waals surface area (Å²) in [6.45, 7) is 6.49. The Kier molecular flexibility index (Phi) is 8.21. The van der Waals surface area contributed by atoms with Crippen LogP contribution in [0.1, 0.15) is 54.2 Å². The lowest BCUT2D eigenvalue weighted by molar-refractivity contribution is -0.0970. The minimum Gasteiger partial charge on any atom is -0.496 e. The zero-order chi connectivity index (χ0) is 22.3. The number of carbonyl (C=O) groups is 1. The molecule has 0 spiro atoms. The number of methoxy groups -OCH3 is 4. The highest BCUT2D eigenvalue weighted by Crippen LogP contribution is 2.33. The van der Waals surface area contributed by atoms with Crippen LogP contribution >= 0.6 is 0 Å². The molecule has 0 heterocycles. The summed E-state index contributed by atoms with van der Waals surface area (Å²) in [6, 6.07) is 13.5. The zero-order valence-electron chi connectivity index (χ0n) is 18.9. The second kappa shape index (κ2) is 10.4. The summed E-state index contributed by atoms with van der Waals surface area (Å²) in [5.41, 5.74) is 4.65. The maximum Gasteiger partial charge on any atom is 0.337 e. The lowest BCUT2D eigenvalue weighted by atomic mass is 9.85. The molecule has 0 unspecified atom stereocenters. The summed E-state index contributed by atoms with van der Waals surface area (Å²) < 4.78 is 21.2. The first-order valence-corrected chi connectivity index (χ1v) is 9.87. The van der Waals surface area contributed by atoms with E-state index in [-0.39, 0.29) is 17.7 Å². The summed E-state index contributed by atoms with van der Waals surface area (Å²) in [4.78, 5) is 11.8. The molecule has 0 atom stereocenters. The fourth-order valence-electron chi connectivity index (χ4n) is 3.24. The molecule has 5 heteroatoms. The van der Waals surface area contributed by atoms with Crippen LogP contribution in [0.5, 0.6) is 5.75 Å². The van der Waals surface area contributed by atoms with Gasteiger partial charge in [-0.1, -0.05) is 45.0 Å². The molecule has 0 saturated carbocycles. The molecule has 0 amide bonds. The smallest absolute Gasteiger partial charge is 0.337 e. The number of esters is 1. The highest BCUT2D eigenvalue weighted by atomic mass is 16.7. The Bertz CT molecular complexity index is 871. The lowest BCUT2D eigenvalue weighted by Crippen LogP contribution is -2.14. The number of benzene rings is 2. The van der Waals surface area contributed by atoms with Gasteiger partial charge in [0.05, 0.1) is 19.8 Å². The first-order chi connectivity index (χ1) is 14.2. The highest BCUT2D eigenvalue weighted by molar-refractivity contribution is 5.90. The third-order valence-electron chi connectivity index (χ3n) is 4.96. The number of hydrogen-bond donors (Lipinski definition) is 0. The van der Waals surface area contributed by atoms with Crippen molar-refractivity contribution in [1.29, 1.82) is 0 Å². The van der Waals surface area contributed by atoms with Crippen molar-refractivity contribution in [1.82, 2.24) is 0 Å². The van der Waals surface area contributed by atoms with Gasteiger partial charge >= 0.3 is 5.97 Å². The van der Waals surface area contributed by atoms with Crippen molar-refractivity contribution in [3.8, 4) is 5.75 Å². The average molecular weight is 413 g/mol. The standard InChI is InChI=1S/C25H32O5/c1-25(2,3)21-15-17(8-13-22(21)27-4)14-20(16-23(28-5)29-6)18-9-11-19(12-10-18)24(26)30-7/h8-15,23H,16H2,1-7H3. The summed E-state index contributed by atoms with van der Waals surface area (Å²) in [5, 5.41) is 0. The van der Waals surface area contributed by atoms with Gasteiger partial charge in [-0.3, -0.25) is 0 Å². The lowest BCUT2D eigenvalue weighted by Gasteiger charge is -2.23. The van der Waals surface area contributed by atoms with Gasteiger partial charge in [0.15, 0.2) is 6.29 Å². The third-order valence-corrected chi connectivity index (χ3v) is 4.96. The van der Waals surface area contributed by atoms with E-state index < -0.39 is 0 Å². The minimum absolute atomic E-state index is 0.0564. The fourth-order valence-corrected chi connectivity index (χ4v) is 3.24. The molecule has 0 saturated heterocycles. The third kappa shape index (κ3) is 5.94. The minimum atomic E-state index is -0.378. The summed E-state index contributed by atoms with van der Waals surface area (Å²) in [6.07, 6.45) is 2.30. The van der Waals surface area contributed by atoms with Gasteiger partial charge in [-0.15, -0.1) is 0 Å². The molecule has 0 aliphatic carbocycles. The van der Waals surface area contributed by atoms with Crippen LogP contribution in [-0.2, 0) is 19.6 Å². The molecule has 30 heavy (non-hydrogen) atoms. The van der Waals surface area contributed by atoms with Gasteiger partial charge in [0.2, 0.25) is 0 Å². The van der Waals surface area contributed by atoms with Crippen LogP contribution in [0.4, 0.5) is 0 Å². The summed E-state index contributed by atoms with van der Waals surface area (Å²) in [5.74, 6) is 0.513. The predicted octanol–water partition coefficient (Wildman–Crippen LogP) is 5.33. The van der Waals surface area contributed by atoms with E-state index in [0.717, 1.165) is 28.0 Å². The first kappa shape index (κ1) is 23.6. The normalized spacial score (nSPS) is 12.2. The van der Waals surface area contributed by atoms with E-state index in [1.807, 2.05) is 24.3 Å². The number of carbonyl (C=O) groups excluding carboxylic acids is 1. The zero-order valence-corrected chi connectivity index (χ0v) is 18.9. The van der Waals surface area contributed by atoms with Crippen LogP contribution in [0.25, 0.3) is 11.6 Å². The molecule has 0 bridgehead atoms. The van der Waals surface area contributed by atoms with Crippen molar-refractivity contribution >= 4 is 17.6 Å². The second-order valence-corrected chi connectivity index (χ2v) is 8.05. The molecule has 0 radical (unpaired) electrons. The van der Waals surface area contributed by atoms with Gasteiger partial charge in [0.25, 0.3) is 0 Å². The molecule has 162 valence electrons. The van der Waals surface area contributed by atoms with Crippen molar-refractivity contribution < 1.29 is 23.7 Å². The summed E-state index contributed by atoms with van der Waals surface area (Å²) in [7, 11) is 6.31. The van der Waals surface area contributed by atoms with E-state index in [1.165, 1.54) is 7.11 Å². The fraction of sp³-hybridized carbons (Fsp3) is 0.400. The van der Waals surface area contributed by atoms with E-state index in [4.69, 9.17) is 18.9 Å². The number of rotatable bonds is 8. The van der Waals surface area contributed by atoms with Crippen molar-refractivity contribution in [3.05, 3.63) is 64.7 Å². The van der Waals surface area contributed by atoms with Crippen molar-refractivity contribution in [2.75, 3.05) is 28.4 Å². The van der Waals surface area contributed by atoms with E-state index in [1.54, 1.807) is 33.5 Å². The Morgan fingerprint density at radius 1 is 0.933 bits per heavy atom. The Morgan fingerprint density at radius 3 is 2.03 bits per heavy atom. The number of ether oxygens (including phenoxy) is 4. The predicted molar refractivity (Wildman–Crippen MR) is 120 cm³/mol. The largest absolute Gasteiger partial charge is 0.496 e. The molecular formula is C25H32O5. The van der Waals surface area contributed by atoms with Gasteiger partial charge in [0, 0.05) is 26.2 Å². The van der Waals surface area contributed by atoms with E-state index >= 15 is 0 Å². The maximum atomic E-state index is 11.8. The van der Waals surface area contributed by atoms with Crippen LogP contribution in [0.15, 0.2) is 42.5 Å². The van der Waals surface area contributed by atoms with Crippen LogP contribution < -0.4 is 4.74 Å². The van der Waals surface area contributed by atoms with Crippen LogP contribution in [0.2, 0.25) is 0 Å². The summed E-state index contributed by atoms with van der Waals surface area (Å²) >= 11 is 0. The van der Waals surface area contributed by atoms with Crippen LogP contribution in [0.3, 0.4) is 0 Å². The topological polar surface area (TPSA) is 54.0 Å². The molecule has 2 aromatic carbocycles. The Hall–Kier alpha value is -2.63. The molecule has 0 aliphatic rings. The molecule has 2 rings (SSSR count). The van der Waals surface area contributed by atoms with Gasteiger partial charge in [-0.2, -0.15) is 0 Å². The molecule has 0 aromatic heterocycles. The number of hydrogen-bond acceptors (Lipinski definition) is 5. The van der Waals surface area contributed by atoms with Gasteiger partial charge in [0.1, 0.15) is 5.75 Å². The Balaban J connectivity index is 2.52. The monoisotopic (exact) mass is 412 g/mol. The van der Waals surface area contributed by atoms with Crippen molar-refractivity contribution in [2.45, 2.75) is 38.9 Å². The second-order valence-electron chi connectivity index (χ2n) is 8.05. The van der Waals surface area contributed by atoms with Crippen molar-refractivity contribution in [3.63, 3.8) is 0 Å². The maximum absolute atomic E-state index is 11.8. The Labute approximate surface area is 179 Å². The molecular weight excluding hydrogens is 380 g/mol. The first-order valence-electron chi connectivity index (χ1n) is 9.87. The van der Waals surface area contributed by atoms with E-state index in [2.05, 4.69) is 32.9 Å². The molecule has 0 N–H and O–H groups in total. The SMILES string of the molecule is COC(=O)c1ccc(C(=Cc2ccc(OC)c(C(C)(C)C)c2)CC(OC)OC)cc1. The van der Waals surface area contributed by atoms with Gasteiger partial charge in [-0.05, 0) is 46.4 Å². The average Bonchev–Trinajstić information content (AvgIpc) is 2.75. The van der Waals surface area contributed by atoms with Gasteiger partial charge < -0.3 is 18.9 Å². The Morgan fingerprint density at radius 2 is 1.53 bits per heavy atom. The van der Waals surface area contributed by atoms with Gasteiger partial charge in [-0.25, -0.2) is 4.79 Å². The molecule has 2 aromatic rings. The van der Waals surface area contributed by atoms with Crippen molar-refractivity contribution in [2.24, 2.45) is 0 Å². The quantitative estimate of drug-likeness (QED) is 0.333. The molecule has 0 aliphatic heterocycles. The molecule has 0 fully saturated rings. The van der Waals surface area contributed by atoms with Crippen LogP contribution in [-0.4, -0.2) is 40.7 Å². The highest BCUT2D eigenvalue weighted by Gasteiger charge is 2.19. The molecule has 5 nitrogen and oxygen atoms in total.